The fraction of sp³-hybridized carbons (Fsp3) is 0.615. The van der Waals surface area contributed by atoms with Crippen molar-refractivity contribution in [3.63, 3.8) is 0 Å². The summed E-state index contributed by atoms with van der Waals surface area (Å²) in [6.07, 6.45) is 3.62. The number of nitrogens with zero attached hydrogens (tertiary/aromatic N) is 2. The van der Waals surface area contributed by atoms with E-state index >= 15 is 0 Å². The van der Waals surface area contributed by atoms with Gasteiger partial charge in [-0.15, -0.1) is 11.3 Å². The van der Waals surface area contributed by atoms with Gasteiger partial charge in [-0.2, -0.15) is 4.98 Å². The van der Waals surface area contributed by atoms with Gasteiger partial charge in [0.1, 0.15) is 5.69 Å². The molecule has 1 aliphatic heterocycles. The van der Waals surface area contributed by atoms with Gasteiger partial charge < -0.3 is 19.9 Å². The fourth-order valence-electron chi connectivity index (χ4n) is 2.56. The van der Waals surface area contributed by atoms with Crippen LogP contribution in [0.25, 0.3) is 4.96 Å². The van der Waals surface area contributed by atoms with Gasteiger partial charge >= 0.3 is 0 Å². The molecule has 0 spiro atoms. The van der Waals surface area contributed by atoms with Crippen LogP contribution >= 0.6 is 11.3 Å². The maximum Gasteiger partial charge on any atom is 0.237 e. The van der Waals surface area contributed by atoms with Gasteiger partial charge in [0.25, 0.3) is 0 Å². The molecule has 2 aromatic rings. The first-order valence-corrected chi connectivity index (χ1v) is 7.58. The SMILES string of the molecule is COc1nc2sccn2c1CNC1(CO)CCOCC1. The minimum Gasteiger partial charge on any atom is -0.480 e. The third kappa shape index (κ3) is 2.42. The van der Waals surface area contributed by atoms with Crippen LogP contribution in [0.15, 0.2) is 11.6 Å². The molecule has 0 atom stereocenters. The molecule has 0 aliphatic carbocycles. The summed E-state index contributed by atoms with van der Waals surface area (Å²) in [7, 11) is 1.63. The molecule has 1 aliphatic rings. The Morgan fingerprint density at radius 1 is 1.55 bits per heavy atom. The van der Waals surface area contributed by atoms with Gasteiger partial charge in [0.05, 0.1) is 13.7 Å². The van der Waals surface area contributed by atoms with E-state index in [-0.39, 0.29) is 12.1 Å². The highest BCUT2D eigenvalue weighted by Gasteiger charge is 2.32. The lowest BCUT2D eigenvalue weighted by Crippen LogP contribution is -2.52. The zero-order chi connectivity index (χ0) is 14.0. The monoisotopic (exact) mass is 297 g/mol. The molecule has 0 unspecified atom stereocenters. The summed E-state index contributed by atoms with van der Waals surface area (Å²) >= 11 is 1.58. The summed E-state index contributed by atoms with van der Waals surface area (Å²) in [6, 6.07) is 0. The van der Waals surface area contributed by atoms with E-state index in [2.05, 4.69) is 10.3 Å². The number of aliphatic hydroxyl groups excluding tert-OH is 1. The second kappa shape index (κ2) is 5.69. The average molecular weight is 297 g/mol. The number of hydrogen-bond acceptors (Lipinski definition) is 6. The number of aromatic nitrogens is 2. The highest BCUT2D eigenvalue weighted by atomic mass is 32.1. The minimum absolute atomic E-state index is 0.115. The number of ether oxygens (including phenoxy) is 2. The summed E-state index contributed by atoms with van der Waals surface area (Å²) < 4.78 is 12.7. The van der Waals surface area contributed by atoms with E-state index in [1.54, 1.807) is 18.4 Å². The molecule has 3 rings (SSSR count). The van der Waals surface area contributed by atoms with E-state index in [4.69, 9.17) is 9.47 Å². The maximum absolute atomic E-state index is 9.70. The quantitative estimate of drug-likeness (QED) is 0.863. The van der Waals surface area contributed by atoms with Crippen molar-refractivity contribution in [2.24, 2.45) is 0 Å². The van der Waals surface area contributed by atoms with Crippen molar-refractivity contribution in [3.05, 3.63) is 17.3 Å². The Bertz CT molecular complexity index is 574. The highest BCUT2D eigenvalue weighted by molar-refractivity contribution is 7.15. The number of imidazole rings is 1. The molecule has 110 valence electrons. The summed E-state index contributed by atoms with van der Waals surface area (Å²) in [5.41, 5.74) is 0.728. The predicted octanol–water partition coefficient (Wildman–Crippen LogP) is 1.04. The van der Waals surface area contributed by atoms with E-state index in [0.717, 1.165) is 23.5 Å². The number of nitrogens with one attached hydrogen (secondary N) is 1. The largest absolute Gasteiger partial charge is 0.480 e. The molecule has 0 amide bonds. The van der Waals surface area contributed by atoms with Crippen molar-refractivity contribution >= 4 is 16.3 Å². The maximum atomic E-state index is 9.70. The smallest absolute Gasteiger partial charge is 0.237 e. The van der Waals surface area contributed by atoms with Gasteiger partial charge in [-0.1, -0.05) is 0 Å². The highest BCUT2D eigenvalue weighted by Crippen LogP contribution is 2.25. The molecule has 3 heterocycles. The van der Waals surface area contributed by atoms with Crippen LogP contribution in [-0.2, 0) is 11.3 Å². The first-order valence-electron chi connectivity index (χ1n) is 6.70. The zero-order valence-corrected chi connectivity index (χ0v) is 12.3. The summed E-state index contributed by atoms with van der Waals surface area (Å²) in [4.78, 5) is 5.36. The van der Waals surface area contributed by atoms with Gasteiger partial charge in [0, 0.05) is 36.9 Å². The van der Waals surface area contributed by atoms with Gasteiger partial charge in [-0.3, -0.25) is 4.40 Å². The van der Waals surface area contributed by atoms with Crippen LogP contribution in [0.4, 0.5) is 0 Å². The van der Waals surface area contributed by atoms with Crippen molar-refractivity contribution in [1.82, 2.24) is 14.7 Å². The molecule has 0 bridgehead atoms. The Morgan fingerprint density at radius 3 is 3.05 bits per heavy atom. The number of methoxy groups -OCH3 is 1. The number of aliphatic hydroxyl groups is 1. The minimum atomic E-state index is -0.260. The second-order valence-corrected chi connectivity index (χ2v) is 5.90. The van der Waals surface area contributed by atoms with Gasteiger partial charge in [0.15, 0.2) is 4.96 Å². The van der Waals surface area contributed by atoms with E-state index in [0.29, 0.717) is 25.6 Å². The molecule has 2 N–H and O–H groups in total. The van der Waals surface area contributed by atoms with Gasteiger partial charge in [0.2, 0.25) is 5.88 Å². The Balaban J connectivity index is 1.80. The lowest BCUT2D eigenvalue weighted by Gasteiger charge is -2.36. The molecule has 1 fully saturated rings. The lowest BCUT2D eigenvalue weighted by atomic mass is 9.91. The van der Waals surface area contributed by atoms with E-state index in [1.807, 2.05) is 16.0 Å². The predicted molar refractivity (Wildman–Crippen MR) is 76.3 cm³/mol. The van der Waals surface area contributed by atoms with Crippen molar-refractivity contribution < 1.29 is 14.6 Å². The first-order chi connectivity index (χ1) is 9.78. The van der Waals surface area contributed by atoms with Gasteiger partial charge in [-0.25, -0.2) is 0 Å². The number of hydrogen-bond donors (Lipinski definition) is 2. The van der Waals surface area contributed by atoms with E-state index in [1.165, 1.54) is 0 Å². The van der Waals surface area contributed by atoms with E-state index in [9.17, 15) is 5.11 Å². The van der Waals surface area contributed by atoms with Crippen molar-refractivity contribution in [2.45, 2.75) is 24.9 Å². The van der Waals surface area contributed by atoms with Crippen molar-refractivity contribution in [2.75, 3.05) is 26.9 Å². The van der Waals surface area contributed by atoms with Crippen LogP contribution in [-0.4, -0.2) is 47.0 Å². The average Bonchev–Trinajstić information content (AvgIpc) is 3.06. The third-order valence-corrected chi connectivity index (χ3v) is 4.66. The summed E-state index contributed by atoms with van der Waals surface area (Å²) in [5, 5.41) is 15.2. The first kappa shape index (κ1) is 13.8. The Labute approximate surface area is 121 Å². The molecule has 0 radical (unpaired) electrons. The molecule has 7 heteroatoms. The van der Waals surface area contributed by atoms with Gasteiger partial charge in [-0.05, 0) is 12.8 Å². The lowest BCUT2D eigenvalue weighted by molar-refractivity contribution is 0.0109. The molecule has 2 aromatic heterocycles. The normalized spacial score (nSPS) is 18.5. The second-order valence-electron chi connectivity index (χ2n) is 5.03. The molecule has 6 nitrogen and oxygen atoms in total. The van der Waals surface area contributed by atoms with Crippen LogP contribution in [0.3, 0.4) is 0 Å². The topological polar surface area (TPSA) is 68.0 Å². The standard InChI is InChI=1S/C13H19N3O3S/c1-18-11-10(16-4-7-20-12(16)15-11)8-14-13(9-17)2-5-19-6-3-13/h4,7,14,17H,2-3,5-6,8-9H2,1H3. The van der Waals surface area contributed by atoms with Crippen molar-refractivity contribution in [1.29, 1.82) is 0 Å². The van der Waals surface area contributed by atoms with Crippen LogP contribution in [0.2, 0.25) is 0 Å². The Hall–Kier alpha value is -1.15. The van der Waals surface area contributed by atoms with Crippen LogP contribution in [0, 0.1) is 0 Å². The molecular formula is C13H19N3O3S. The van der Waals surface area contributed by atoms with E-state index < -0.39 is 0 Å². The Kier molecular flexibility index (Phi) is 3.93. The molecular weight excluding hydrogens is 278 g/mol. The third-order valence-electron chi connectivity index (χ3n) is 3.90. The molecule has 20 heavy (non-hydrogen) atoms. The number of thiazole rings is 1. The number of fused-ring (bicyclic) bond motifs is 1. The fourth-order valence-corrected chi connectivity index (χ4v) is 3.29. The number of rotatable bonds is 5. The van der Waals surface area contributed by atoms with Crippen LogP contribution in [0.5, 0.6) is 5.88 Å². The van der Waals surface area contributed by atoms with Crippen LogP contribution < -0.4 is 10.1 Å². The zero-order valence-electron chi connectivity index (χ0n) is 11.5. The van der Waals surface area contributed by atoms with Crippen LogP contribution in [0.1, 0.15) is 18.5 Å². The molecule has 1 saturated heterocycles. The Morgan fingerprint density at radius 2 is 2.35 bits per heavy atom. The molecule has 0 saturated carbocycles. The van der Waals surface area contributed by atoms with Crippen molar-refractivity contribution in [3.8, 4) is 5.88 Å². The summed E-state index contributed by atoms with van der Waals surface area (Å²) in [6.45, 7) is 2.10. The molecule has 0 aromatic carbocycles. The summed E-state index contributed by atoms with van der Waals surface area (Å²) in [5.74, 6) is 0.643.